The molecule has 0 saturated heterocycles. The SMILES string of the molecule is CCOc1cc(C=Nn2c(-c3cc4cc(Cl)ccc4o3)nc3ccccc3c2=O)c(Br)c(Br)c1OCc1cccc(F)c1. The van der Waals surface area contributed by atoms with Gasteiger partial charge < -0.3 is 13.9 Å². The summed E-state index contributed by atoms with van der Waals surface area (Å²) in [6.07, 6.45) is 1.52. The van der Waals surface area contributed by atoms with Gasteiger partial charge in [0.15, 0.2) is 17.3 Å². The third-order valence-corrected chi connectivity index (χ3v) is 8.87. The topological polar surface area (TPSA) is 78.9 Å². The molecule has 7 nitrogen and oxygen atoms in total. The van der Waals surface area contributed by atoms with Crippen molar-refractivity contribution in [3.05, 3.63) is 120 Å². The van der Waals surface area contributed by atoms with Crippen LogP contribution in [0.25, 0.3) is 33.5 Å². The molecule has 6 aromatic rings. The highest BCUT2D eigenvalue weighted by atomic mass is 79.9. The Bertz CT molecular complexity index is 2090. The Kier molecular flexibility index (Phi) is 8.34. The predicted molar refractivity (Wildman–Crippen MR) is 173 cm³/mol. The zero-order valence-corrected chi connectivity index (χ0v) is 26.4. The standard InChI is InChI=1S/C32H21Br2ClFN3O4/c1-2-41-26-15-20(28(33)29(34)30(26)42-17-18-6-5-7-22(36)12-18)16-37-39-31(38-24-9-4-3-8-23(24)32(39)40)27-14-19-13-21(35)10-11-25(19)43-27/h3-16H,2,17H2,1H3. The molecule has 43 heavy (non-hydrogen) atoms. The first-order valence-corrected chi connectivity index (χ1v) is 15.1. The molecule has 0 aliphatic carbocycles. The molecule has 0 N–H and O–H groups in total. The van der Waals surface area contributed by atoms with Crippen LogP contribution in [0.1, 0.15) is 18.1 Å². The molecule has 0 radical (unpaired) electrons. The molecule has 0 aliphatic rings. The summed E-state index contributed by atoms with van der Waals surface area (Å²) in [5.41, 5.74) is 2.00. The van der Waals surface area contributed by atoms with Crippen molar-refractivity contribution >= 4 is 71.5 Å². The number of rotatable bonds is 8. The maximum absolute atomic E-state index is 13.7. The molecule has 4 aromatic carbocycles. The van der Waals surface area contributed by atoms with Gasteiger partial charge in [0, 0.05) is 20.4 Å². The van der Waals surface area contributed by atoms with Crippen molar-refractivity contribution < 1.29 is 18.3 Å². The highest BCUT2D eigenvalue weighted by Crippen LogP contribution is 2.43. The summed E-state index contributed by atoms with van der Waals surface area (Å²) < 4.78 is 34.0. The van der Waals surface area contributed by atoms with E-state index in [-0.39, 0.29) is 23.8 Å². The van der Waals surface area contributed by atoms with Gasteiger partial charge in [-0.3, -0.25) is 4.79 Å². The lowest BCUT2D eigenvalue weighted by Gasteiger charge is -2.16. The fourth-order valence-corrected chi connectivity index (χ4v) is 5.63. The van der Waals surface area contributed by atoms with E-state index in [0.29, 0.717) is 65.4 Å². The number of ether oxygens (including phenoxy) is 2. The van der Waals surface area contributed by atoms with E-state index in [4.69, 9.17) is 30.5 Å². The van der Waals surface area contributed by atoms with Gasteiger partial charge in [0.1, 0.15) is 18.0 Å². The zero-order chi connectivity index (χ0) is 30.1. The molecule has 2 aromatic heterocycles. The summed E-state index contributed by atoms with van der Waals surface area (Å²) in [6, 6.07) is 22.0. The van der Waals surface area contributed by atoms with Gasteiger partial charge >= 0.3 is 0 Å². The highest BCUT2D eigenvalue weighted by molar-refractivity contribution is 9.13. The summed E-state index contributed by atoms with van der Waals surface area (Å²) in [5, 5.41) is 6.30. The number of fused-ring (bicyclic) bond motifs is 2. The van der Waals surface area contributed by atoms with E-state index in [2.05, 4.69) is 37.0 Å². The lowest BCUT2D eigenvalue weighted by molar-refractivity contribution is 0.267. The molecule has 0 saturated carbocycles. The van der Waals surface area contributed by atoms with Crippen LogP contribution in [-0.2, 0) is 6.61 Å². The van der Waals surface area contributed by atoms with Crippen LogP contribution in [0.3, 0.4) is 0 Å². The Labute approximate surface area is 266 Å². The molecule has 2 heterocycles. The van der Waals surface area contributed by atoms with E-state index in [0.717, 1.165) is 5.39 Å². The third kappa shape index (κ3) is 5.95. The Morgan fingerprint density at radius 3 is 2.67 bits per heavy atom. The summed E-state index contributed by atoms with van der Waals surface area (Å²) in [4.78, 5) is 18.4. The van der Waals surface area contributed by atoms with Gasteiger partial charge in [-0.25, -0.2) is 9.37 Å². The van der Waals surface area contributed by atoms with Gasteiger partial charge in [0.25, 0.3) is 5.56 Å². The molecule has 0 fully saturated rings. The number of nitrogens with zero attached hydrogens (tertiary/aromatic N) is 3. The van der Waals surface area contributed by atoms with Crippen molar-refractivity contribution in [3.63, 3.8) is 0 Å². The number of hydrogen-bond acceptors (Lipinski definition) is 6. The van der Waals surface area contributed by atoms with E-state index in [1.165, 1.54) is 23.0 Å². The second-order valence-electron chi connectivity index (χ2n) is 9.38. The minimum atomic E-state index is -0.370. The third-order valence-electron chi connectivity index (χ3n) is 6.49. The molecule has 0 aliphatic heterocycles. The van der Waals surface area contributed by atoms with E-state index in [1.54, 1.807) is 60.7 Å². The molecule has 6 rings (SSSR count). The summed E-state index contributed by atoms with van der Waals surface area (Å²) in [5.74, 6) is 1.11. The minimum absolute atomic E-state index is 0.126. The number of furan rings is 1. The maximum atomic E-state index is 13.7. The van der Waals surface area contributed by atoms with Crippen LogP contribution in [0.15, 0.2) is 102 Å². The lowest BCUT2D eigenvalue weighted by atomic mass is 10.2. The van der Waals surface area contributed by atoms with Gasteiger partial charge in [-0.2, -0.15) is 9.78 Å². The zero-order valence-electron chi connectivity index (χ0n) is 22.5. The van der Waals surface area contributed by atoms with Crippen LogP contribution < -0.4 is 15.0 Å². The molecule has 216 valence electrons. The molecular weight excluding hydrogens is 705 g/mol. The van der Waals surface area contributed by atoms with Gasteiger partial charge in [-0.15, -0.1) is 0 Å². The molecule has 11 heteroatoms. The predicted octanol–water partition coefficient (Wildman–Crippen LogP) is 8.99. The van der Waals surface area contributed by atoms with Gasteiger partial charge in [-0.1, -0.05) is 35.9 Å². The molecule has 0 spiro atoms. The lowest BCUT2D eigenvalue weighted by Crippen LogP contribution is -2.20. The van der Waals surface area contributed by atoms with Crippen LogP contribution in [0, 0.1) is 5.82 Å². The van der Waals surface area contributed by atoms with Crippen LogP contribution in [0.4, 0.5) is 4.39 Å². The number of para-hydroxylation sites is 1. The van der Waals surface area contributed by atoms with Gasteiger partial charge in [0.2, 0.25) is 5.82 Å². The first-order chi connectivity index (χ1) is 20.8. The first kappa shape index (κ1) is 29.1. The van der Waals surface area contributed by atoms with E-state index < -0.39 is 0 Å². The first-order valence-electron chi connectivity index (χ1n) is 13.1. The van der Waals surface area contributed by atoms with Crippen molar-refractivity contribution in [3.8, 4) is 23.1 Å². The van der Waals surface area contributed by atoms with Crippen LogP contribution >= 0.6 is 43.5 Å². The highest BCUT2D eigenvalue weighted by Gasteiger charge is 2.19. The van der Waals surface area contributed by atoms with Gasteiger partial charge in [-0.05, 0) is 98.9 Å². The Morgan fingerprint density at radius 2 is 1.86 bits per heavy atom. The largest absolute Gasteiger partial charge is 0.490 e. The fourth-order valence-electron chi connectivity index (χ4n) is 4.51. The Balaban J connectivity index is 1.44. The summed E-state index contributed by atoms with van der Waals surface area (Å²) in [6.45, 7) is 2.35. The quantitative estimate of drug-likeness (QED) is 0.147. The number of benzene rings is 4. The number of hydrogen-bond donors (Lipinski definition) is 0. The average molecular weight is 726 g/mol. The van der Waals surface area contributed by atoms with E-state index in [9.17, 15) is 9.18 Å². The van der Waals surface area contributed by atoms with Crippen molar-refractivity contribution in [2.45, 2.75) is 13.5 Å². The fraction of sp³-hybridized carbons (Fsp3) is 0.0938. The smallest absolute Gasteiger partial charge is 0.282 e. The van der Waals surface area contributed by atoms with Crippen LogP contribution in [0.2, 0.25) is 5.02 Å². The Morgan fingerprint density at radius 1 is 1.02 bits per heavy atom. The second kappa shape index (κ2) is 12.3. The van der Waals surface area contributed by atoms with Crippen molar-refractivity contribution in [1.29, 1.82) is 0 Å². The maximum Gasteiger partial charge on any atom is 0.282 e. The van der Waals surface area contributed by atoms with E-state index >= 15 is 0 Å². The summed E-state index contributed by atoms with van der Waals surface area (Å²) in [7, 11) is 0. The summed E-state index contributed by atoms with van der Waals surface area (Å²) >= 11 is 13.4. The van der Waals surface area contributed by atoms with Crippen molar-refractivity contribution in [1.82, 2.24) is 9.66 Å². The number of aromatic nitrogens is 2. The molecule has 0 atom stereocenters. The Hall–Kier alpha value is -3.99. The average Bonchev–Trinajstić information content (AvgIpc) is 3.42. The van der Waals surface area contributed by atoms with E-state index in [1.807, 2.05) is 13.0 Å². The number of halogens is 4. The molecule has 0 bridgehead atoms. The molecule has 0 amide bonds. The normalized spacial score (nSPS) is 11.6. The van der Waals surface area contributed by atoms with Gasteiger partial charge in [0.05, 0.1) is 28.2 Å². The van der Waals surface area contributed by atoms with Crippen LogP contribution in [0.5, 0.6) is 11.5 Å². The monoisotopic (exact) mass is 723 g/mol. The molecular formula is C32H21Br2ClFN3O4. The molecule has 0 unspecified atom stereocenters. The van der Waals surface area contributed by atoms with Crippen molar-refractivity contribution in [2.24, 2.45) is 5.10 Å². The van der Waals surface area contributed by atoms with Crippen molar-refractivity contribution in [2.75, 3.05) is 6.61 Å². The second-order valence-corrected chi connectivity index (χ2v) is 11.4. The van der Waals surface area contributed by atoms with Crippen LogP contribution in [-0.4, -0.2) is 22.5 Å². The minimum Gasteiger partial charge on any atom is -0.490 e.